The van der Waals surface area contributed by atoms with Crippen LogP contribution in [0.5, 0.6) is 0 Å². The number of anilines is 1. The molecule has 1 unspecified atom stereocenters. The molecule has 3 aromatic rings. The van der Waals surface area contributed by atoms with Crippen molar-refractivity contribution in [1.82, 2.24) is 25.1 Å². The average Bonchev–Trinajstić information content (AvgIpc) is 3.27. The SMILES string of the molecule is CC(C)[C@@H]1Nc2nc(nc3ccccc23)CN2CCN(C3Cc4ccccc4C3)CC2NC1=O. The number of para-hydroxylation sites is 1. The van der Waals surface area contributed by atoms with Crippen molar-refractivity contribution in [1.29, 1.82) is 0 Å². The fourth-order valence-electron chi connectivity index (χ4n) is 5.72. The second-order valence-electron chi connectivity index (χ2n) is 10.2. The highest BCUT2D eigenvalue weighted by Gasteiger charge is 2.36. The van der Waals surface area contributed by atoms with Crippen LogP contribution < -0.4 is 10.6 Å². The highest BCUT2D eigenvalue weighted by Crippen LogP contribution is 2.28. The third-order valence-corrected chi connectivity index (χ3v) is 7.61. The number of benzene rings is 2. The van der Waals surface area contributed by atoms with Crippen molar-refractivity contribution in [3.8, 4) is 0 Å². The van der Waals surface area contributed by atoms with E-state index in [0.29, 0.717) is 12.6 Å². The van der Waals surface area contributed by atoms with Gasteiger partial charge >= 0.3 is 0 Å². The molecular weight excluding hydrogens is 424 g/mol. The molecule has 2 atom stereocenters. The van der Waals surface area contributed by atoms with Crippen molar-refractivity contribution in [2.24, 2.45) is 5.92 Å². The Hall–Kier alpha value is -3.03. The lowest BCUT2D eigenvalue weighted by molar-refractivity contribution is -0.126. The van der Waals surface area contributed by atoms with Gasteiger partial charge in [-0.05, 0) is 42.0 Å². The second-order valence-corrected chi connectivity index (χ2v) is 10.2. The molecular formula is C27H32N6O. The number of hydrogen-bond acceptors (Lipinski definition) is 6. The average molecular weight is 457 g/mol. The first-order valence-electron chi connectivity index (χ1n) is 12.4. The number of aromatic nitrogens is 2. The third kappa shape index (κ3) is 3.93. The number of hydrogen-bond donors (Lipinski definition) is 2. The number of rotatable bonds is 2. The summed E-state index contributed by atoms with van der Waals surface area (Å²) in [7, 11) is 0. The predicted molar refractivity (Wildman–Crippen MR) is 133 cm³/mol. The molecule has 1 aliphatic carbocycles. The zero-order chi connectivity index (χ0) is 23.2. The number of piperazine rings is 1. The van der Waals surface area contributed by atoms with E-state index >= 15 is 0 Å². The summed E-state index contributed by atoms with van der Waals surface area (Å²) in [6.45, 7) is 7.45. The first-order chi connectivity index (χ1) is 16.5. The van der Waals surface area contributed by atoms with Crippen LogP contribution in [-0.2, 0) is 24.2 Å². The van der Waals surface area contributed by atoms with Crippen LogP contribution >= 0.6 is 0 Å². The Bertz CT molecular complexity index is 1200. The van der Waals surface area contributed by atoms with Crippen LogP contribution in [0.4, 0.5) is 5.82 Å². The van der Waals surface area contributed by atoms with Gasteiger partial charge in [-0.25, -0.2) is 9.97 Å². The predicted octanol–water partition coefficient (Wildman–Crippen LogP) is 2.81. The van der Waals surface area contributed by atoms with Crippen molar-refractivity contribution in [2.75, 3.05) is 25.0 Å². The fraction of sp³-hybridized carbons (Fsp3) is 0.444. The van der Waals surface area contributed by atoms with Gasteiger partial charge in [0.15, 0.2) is 0 Å². The van der Waals surface area contributed by atoms with Crippen molar-refractivity contribution < 1.29 is 4.79 Å². The van der Waals surface area contributed by atoms with E-state index < -0.39 is 0 Å². The normalized spacial score (nSPS) is 23.9. The van der Waals surface area contributed by atoms with Gasteiger partial charge in [0.05, 0.1) is 18.2 Å². The van der Waals surface area contributed by atoms with Gasteiger partial charge in [-0.3, -0.25) is 14.6 Å². The standard InChI is InChI=1S/C27H32N6O/c1-17(2)25-27(34)30-24-16-32(20-13-18-7-3-4-8-19(18)14-20)11-12-33(24)15-23-28-22-10-6-5-9-21(22)26(29-23)31-25/h3-10,17,20,24-25H,11-16H2,1-2H3,(H,30,34)(H,28,29,31)/t24?,25-/m0/s1. The Morgan fingerprint density at radius 3 is 2.38 bits per heavy atom. The highest BCUT2D eigenvalue weighted by molar-refractivity contribution is 5.92. The van der Waals surface area contributed by atoms with Gasteiger partial charge in [0.2, 0.25) is 5.91 Å². The summed E-state index contributed by atoms with van der Waals surface area (Å²) in [5.74, 6) is 1.70. The molecule has 2 aromatic carbocycles. The number of fused-ring (bicyclic) bond motifs is 6. The van der Waals surface area contributed by atoms with Gasteiger partial charge in [-0.1, -0.05) is 50.2 Å². The van der Waals surface area contributed by atoms with Crippen molar-refractivity contribution in [2.45, 2.75) is 51.5 Å². The molecule has 176 valence electrons. The van der Waals surface area contributed by atoms with E-state index in [2.05, 4.69) is 58.5 Å². The van der Waals surface area contributed by atoms with Crippen molar-refractivity contribution in [3.63, 3.8) is 0 Å². The van der Waals surface area contributed by atoms with Crippen LogP contribution in [0.25, 0.3) is 10.9 Å². The minimum Gasteiger partial charge on any atom is -0.358 e. The number of nitrogens with zero attached hydrogens (tertiary/aromatic N) is 4. The molecule has 6 rings (SSSR count). The molecule has 3 aliphatic rings. The maximum atomic E-state index is 13.5. The van der Waals surface area contributed by atoms with Gasteiger partial charge in [0.25, 0.3) is 0 Å². The van der Waals surface area contributed by atoms with Crippen molar-refractivity contribution >= 4 is 22.6 Å². The van der Waals surface area contributed by atoms with Gasteiger partial charge in [-0.15, -0.1) is 0 Å². The van der Waals surface area contributed by atoms with E-state index in [1.807, 2.05) is 24.3 Å². The van der Waals surface area contributed by atoms with Crippen LogP contribution in [0.3, 0.4) is 0 Å². The molecule has 1 amide bonds. The lowest BCUT2D eigenvalue weighted by Gasteiger charge is -2.44. The summed E-state index contributed by atoms with van der Waals surface area (Å²) in [5, 5.41) is 7.79. The summed E-state index contributed by atoms with van der Waals surface area (Å²) >= 11 is 0. The van der Waals surface area contributed by atoms with E-state index in [1.165, 1.54) is 11.1 Å². The largest absolute Gasteiger partial charge is 0.358 e. The van der Waals surface area contributed by atoms with E-state index in [-0.39, 0.29) is 24.0 Å². The van der Waals surface area contributed by atoms with Crippen LogP contribution in [0.15, 0.2) is 48.5 Å². The molecule has 2 aliphatic heterocycles. The van der Waals surface area contributed by atoms with E-state index in [0.717, 1.165) is 55.0 Å². The minimum atomic E-state index is -0.364. The Kier molecular flexibility index (Phi) is 5.46. The summed E-state index contributed by atoms with van der Waals surface area (Å²) in [4.78, 5) is 28.2. The summed E-state index contributed by atoms with van der Waals surface area (Å²) in [6, 6.07) is 16.9. The zero-order valence-electron chi connectivity index (χ0n) is 19.9. The molecule has 0 radical (unpaired) electrons. The molecule has 2 N–H and O–H groups in total. The van der Waals surface area contributed by atoms with Gasteiger partial charge in [-0.2, -0.15) is 0 Å². The lowest BCUT2D eigenvalue weighted by atomic mass is 10.0. The van der Waals surface area contributed by atoms with Crippen LogP contribution in [0.1, 0.15) is 30.8 Å². The molecule has 0 saturated carbocycles. The molecule has 34 heavy (non-hydrogen) atoms. The van der Waals surface area contributed by atoms with E-state index in [4.69, 9.17) is 9.97 Å². The second kappa shape index (κ2) is 8.64. The Labute approximate surface area is 200 Å². The van der Waals surface area contributed by atoms with Crippen molar-refractivity contribution in [3.05, 3.63) is 65.5 Å². The van der Waals surface area contributed by atoms with Gasteiger partial charge in [0.1, 0.15) is 17.7 Å². The fourth-order valence-corrected chi connectivity index (χ4v) is 5.72. The third-order valence-electron chi connectivity index (χ3n) is 7.61. The summed E-state index contributed by atoms with van der Waals surface area (Å²) in [6.07, 6.45) is 2.11. The molecule has 7 nitrogen and oxygen atoms in total. The quantitative estimate of drug-likeness (QED) is 0.618. The molecule has 2 bridgehead atoms. The first kappa shape index (κ1) is 21.5. The Morgan fingerprint density at radius 2 is 1.62 bits per heavy atom. The topological polar surface area (TPSA) is 73.4 Å². The van der Waals surface area contributed by atoms with E-state index in [9.17, 15) is 4.79 Å². The molecule has 1 saturated heterocycles. The molecule has 7 heteroatoms. The van der Waals surface area contributed by atoms with Crippen LogP contribution in [-0.4, -0.2) is 63.6 Å². The summed E-state index contributed by atoms with van der Waals surface area (Å²) < 4.78 is 0. The molecule has 3 heterocycles. The lowest BCUT2D eigenvalue weighted by Crippen LogP contribution is -2.63. The Morgan fingerprint density at radius 1 is 0.912 bits per heavy atom. The smallest absolute Gasteiger partial charge is 0.244 e. The first-order valence-corrected chi connectivity index (χ1v) is 12.4. The number of carbonyl (C=O) groups is 1. The zero-order valence-corrected chi connectivity index (χ0v) is 19.9. The van der Waals surface area contributed by atoms with Crippen LogP contribution in [0, 0.1) is 5.92 Å². The van der Waals surface area contributed by atoms with E-state index in [1.54, 1.807) is 0 Å². The molecule has 1 fully saturated rings. The van der Waals surface area contributed by atoms with Crippen LogP contribution in [0.2, 0.25) is 0 Å². The summed E-state index contributed by atoms with van der Waals surface area (Å²) in [5.41, 5.74) is 3.84. The number of nitrogens with one attached hydrogen (secondary N) is 2. The van der Waals surface area contributed by atoms with Gasteiger partial charge < -0.3 is 10.6 Å². The monoisotopic (exact) mass is 456 g/mol. The highest BCUT2D eigenvalue weighted by atomic mass is 16.2. The number of amides is 1. The minimum absolute atomic E-state index is 0.0349. The maximum Gasteiger partial charge on any atom is 0.244 e. The van der Waals surface area contributed by atoms with Gasteiger partial charge in [0, 0.05) is 31.1 Å². The number of carbonyl (C=O) groups excluding carboxylic acids is 1. The molecule has 1 aromatic heterocycles. The molecule has 0 spiro atoms. The maximum absolute atomic E-state index is 13.5. The Balaban J connectivity index is 1.30.